The van der Waals surface area contributed by atoms with Crippen molar-refractivity contribution in [3.8, 4) is 5.75 Å². The maximum absolute atomic E-state index is 5.18. The lowest BCUT2D eigenvalue weighted by atomic mass is 9.99. The lowest BCUT2D eigenvalue weighted by Crippen LogP contribution is -2.19. The first-order valence-electron chi connectivity index (χ1n) is 6.02. The quantitative estimate of drug-likeness (QED) is 0.799. The van der Waals surface area contributed by atoms with Crippen molar-refractivity contribution in [1.29, 1.82) is 0 Å². The third-order valence-corrected chi connectivity index (χ3v) is 3.13. The fourth-order valence-electron chi connectivity index (χ4n) is 1.77. The minimum atomic E-state index is 0.536. The van der Waals surface area contributed by atoms with Crippen molar-refractivity contribution >= 4 is 0 Å². The molecule has 1 aliphatic carbocycles. The van der Waals surface area contributed by atoms with Gasteiger partial charge in [0.05, 0.1) is 13.3 Å². The van der Waals surface area contributed by atoms with E-state index < -0.39 is 0 Å². The van der Waals surface area contributed by atoms with Gasteiger partial charge in [0.25, 0.3) is 0 Å². The topological polar surface area (TPSA) is 34.1 Å². The molecule has 1 fully saturated rings. The number of hydrogen-bond donors (Lipinski definition) is 1. The summed E-state index contributed by atoms with van der Waals surface area (Å²) in [5.74, 6) is 1.38. The number of rotatable bonds is 6. The smallest absolute Gasteiger partial charge is 0.137 e. The SMILES string of the molecule is COc1cncc(C(C)CCNC2CC2)c1. The van der Waals surface area contributed by atoms with Gasteiger partial charge in [-0.3, -0.25) is 4.98 Å². The van der Waals surface area contributed by atoms with E-state index in [2.05, 4.69) is 23.3 Å². The van der Waals surface area contributed by atoms with Crippen molar-refractivity contribution in [2.75, 3.05) is 13.7 Å². The highest BCUT2D eigenvalue weighted by molar-refractivity contribution is 5.25. The molecule has 3 nitrogen and oxygen atoms in total. The highest BCUT2D eigenvalue weighted by Gasteiger charge is 2.20. The van der Waals surface area contributed by atoms with Crippen LogP contribution in [-0.2, 0) is 0 Å². The molecule has 1 aliphatic rings. The lowest BCUT2D eigenvalue weighted by molar-refractivity contribution is 0.411. The summed E-state index contributed by atoms with van der Waals surface area (Å²) in [7, 11) is 1.68. The zero-order chi connectivity index (χ0) is 11.4. The standard InChI is InChI=1S/C13H20N2O/c1-10(5-6-15-12-3-4-12)11-7-13(16-2)9-14-8-11/h7-10,12,15H,3-6H2,1-2H3. The van der Waals surface area contributed by atoms with Gasteiger partial charge < -0.3 is 10.1 Å². The Labute approximate surface area is 97.2 Å². The average molecular weight is 220 g/mol. The van der Waals surface area contributed by atoms with E-state index in [1.807, 2.05) is 6.20 Å². The molecule has 88 valence electrons. The van der Waals surface area contributed by atoms with E-state index in [4.69, 9.17) is 4.74 Å². The van der Waals surface area contributed by atoms with E-state index in [0.29, 0.717) is 5.92 Å². The van der Waals surface area contributed by atoms with Crippen molar-refractivity contribution in [1.82, 2.24) is 10.3 Å². The molecule has 3 heteroatoms. The van der Waals surface area contributed by atoms with Crippen LogP contribution in [0.4, 0.5) is 0 Å². The number of pyridine rings is 1. The fourth-order valence-corrected chi connectivity index (χ4v) is 1.77. The second-order valence-corrected chi connectivity index (χ2v) is 4.58. The van der Waals surface area contributed by atoms with Crippen LogP contribution >= 0.6 is 0 Å². The Morgan fingerprint density at radius 2 is 2.31 bits per heavy atom. The highest BCUT2D eigenvalue weighted by atomic mass is 16.5. The number of nitrogens with one attached hydrogen (secondary N) is 1. The predicted molar refractivity (Wildman–Crippen MR) is 64.8 cm³/mol. The third-order valence-electron chi connectivity index (χ3n) is 3.13. The minimum Gasteiger partial charge on any atom is -0.495 e. The van der Waals surface area contributed by atoms with Gasteiger partial charge in [0.15, 0.2) is 0 Å². The molecule has 0 aromatic carbocycles. The van der Waals surface area contributed by atoms with E-state index in [9.17, 15) is 0 Å². The zero-order valence-electron chi connectivity index (χ0n) is 10.1. The molecular weight excluding hydrogens is 200 g/mol. The minimum absolute atomic E-state index is 0.536. The van der Waals surface area contributed by atoms with Crippen LogP contribution in [0.25, 0.3) is 0 Å². The molecule has 0 spiro atoms. The molecule has 1 atom stereocenters. The Morgan fingerprint density at radius 1 is 1.50 bits per heavy atom. The van der Waals surface area contributed by atoms with Crippen molar-refractivity contribution in [2.45, 2.75) is 38.1 Å². The molecule has 1 aromatic rings. The van der Waals surface area contributed by atoms with Crippen molar-refractivity contribution in [3.05, 3.63) is 24.0 Å². The normalized spacial score (nSPS) is 17.1. The number of nitrogens with zero attached hydrogens (tertiary/aromatic N) is 1. The number of methoxy groups -OCH3 is 1. The van der Waals surface area contributed by atoms with Gasteiger partial charge in [0.2, 0.25) is 0 Å². The molecule has 0 bridgehead atoms. The summed E-state index contributed by atoms with van der Waals surface area (Å²) >= 11 is 0. The Balaban J connectivity index is 1.83. The highest BCUT2D eigenvalue weighted by Crippen LogP contribution is 2.23. The van der Waals surface area contributed by atoms with Crippen molar-refractivity contribution < 1.29 is 4.74 Å². The van der Waals surface area contributed by atoms with Crippen molar-refractivity contribution in [3.63, 3.8) is 0 Å². The van der Waals surface area contributed by atoms with Gasteiger partial charge in [-0.15, -0.1) is 0 Å². The van der Waals surface area contributed by atoms with Gasteiger partial charge in [0.1, 0.15) is 5.75 Å². The summed E-state index contributed by atoms with van der Waals surface area (Å²) in [5.41, 5.74) is 1.26. The molecule has 0 saturated heterocycles. The summed E-state index contributed by atoms with van der Waals surface area (Å²) in [6.07, 6.45) is 7.55. The number of ether oxygens (including phenoxy) is 1. The summed E-state index contributed by atoms with van der Waals surface area (Å²) in [5, 5.41) is 3.53. The zero-order valence-corrected chi connectivity index (χ0v) is 10.1. The predicted octanol–water partition coefficient (Wildman–Crippen LogP) is 2.34. The second-order valence-electron chi connectivity index (χ2n) is 4.58. The molecule has 1 unspecified atom stereocenters. The van der Waals surface area contributed by atoms with Gasteiger partial charge in [-0.25, -0.2) is 0 Å². The summed E-state index contributed by atoms with van der Waals surface area (Å²) in [6, 6.07) is 2.88. The van der Waals surface area contributed by atoms with Gasteiger partial charge in [-0.05, 0) is 43.4 Å². The fraction of sp³-hybridized carbons (Fsp3) is 0.615. The van der Waals surface area contributed by atoms with E-state index in [1.165, 1.54) is 18.4 Å². The summed E-state index contributed by atoms with van der Waals surface area (Å²) in [4.78, 5) is 4.19. The van der Waals surface area contributed by atoms with E-state index in [-0.39, 0.29) is 0 Å². The third kappa shape index (κ3) is 3.20. The number of hydrogen-bond acceptors (Lipinski definition) is 3. The van der Waals surface area contributed by atoms with Crippen LogP contribution in [0.3, 0.4) is 0 Å². The Kier molecular flexibility index (Phi) is 3.78. The van der Waals surface area contributed by atoms with Gasteiger partial charge in [0, 0.05) is 12.2 Å². The lowest BCUT2D eigenvalue weighted by Gasteiger charge is -2.12. The molecular formula is C13H20N2O. The number of aromatic nitrogens is 1. The first kappa shape index (κ1) is 11.4. The van der Waals surface area contributed by atoms with Gasteiger partial charge in [-0.1, -0.05) is 6.92 Å². The maximum Gasteiger partial charge on any atom is 0.137 e. The molecule has 1 aromatic heterocycles. The summed E-state index contributed by atoms with van der Waals surface area (Å²) in [6.45, 7) is 3.34. The van der Waals surface area contributed by atoms with Crippen LogP contribution in [0, 0.1) is 0 Å². The average Bonchev–Trinajstić information content (AvgIpc) is 3.13. The summed E-state index contributed by atoms with van der Waals surface area (Å²) < 4.78 is 5.18. The Hall–Kier alpha value is -1.09. The van der Waals surface area contributed by atoms with E-state index in [0.717, 1.165) is 24.8 Å². The van der Waals surface area contributed by atoms with E-state index in [1.54, 1.807) is 13.3 Å². The van der Waals surface area contributed by atoms with Crippen LogP contribution in [0.5, 0.6) is 5.75 Å². The van der Waals surface area contributed by atoms with Gasteiger partial charge >= 0.3 is 0 Å². The van der Waals surface area contributed by atoms with Crippen LogP contribution < -0.4 is 10.1 Å². The molecule has 1 N–H and O–H groups in total. The first-order valence-corrected chi connectivity index (χ1v) is 6.02. The molecule has 1 saturated carbocycles. The Morgan fingerprint density at radius 3 is 3.00 bits per heavy atom. The Bertz CT molecular complexity index is 336. The van der Waals surface area contributed by atoms with Crippen LogP contribution in [-0.4, -0.2) is 24.7 Å². The van der Waals surface area contributed by atoms with Crippen molar-refractivity contribution in [2.24, 2.45) is 0 Å². The van der Waals surface area contributed by atoms with Crippen LogP contribution in [0.1, 0.15) is 37.7 Å². The maximum atomic E-state index is 5.18. The molecule has 0 amide bonds. The molecule has 0 aliphatic heterocycles. The van der Waals surface area contributed by atoms with Crippen LogP contribution in [0.15, 0.2) is 18.5 Å². The first-order chi connectivity index (χ1) is 7.79. The van der Waals surface area contributed by atoms with Gasteiger partial charge in [-0.2, -0.15) is 0 Å². The second kappa shape index (κ2) is 5.30. The molecule has 0 radical (unpaired) electrons. The molecule has 2 rings (SSSR count). The molecule has 16 heavy (non-hydrogen) atoms. The largest absolute Gasteiger partial charge is 0.495 e. The van der Waals surface area contributed by atoms with Crippen LogP contribution in [0.2, 0.25) is 0 Å². The monoisotopic (exact) mass is 220 g/mol. The molecule has 1 heterocycles. The van der Waals surface area contributed by atoms with E-state index >= 15 is 0 Å².